The van der Waals surface area contributed by atoms with Crippen molar-refractivity contribution >= 4 is 31.8 Å². The number of rotatable bonds is 9. The number of benzene rings is 1. The molecule has 9 heteroatoms. The van der Waals surface area contributed by atoms with Crippen LogP contribution in [0.5, 0.6) is 0 Å². The molecule has 1 amide bonds. The van der Waals surface area contributed by atoms with Gasteiger partial charge in [0.05, 0.1) is 13.2 Å². The Morgan fingerprint density at radius 2 is 1.79 bits per heavy atom. The van der Waals surface area contributed by atoms with Crippen LogP contribution in [-0.2, 0) is 9.16 Å². The zero-order valence-electron chi connectivity index (χ0n) is 20.3. The van der Waals surface area contributed by atoms with Gasteiger partial charge < -0.3 is 14.5 Å². The van der Waals surface area contributed by atoms with Gasteiger partial charge in [0.2, 0.25) is 0 Å². The van der Waals surface area contributed by atoms with E-state index in [2.05, 4.69) is 51.8 Å². The Morgan fingerprint density at radius 1 is 1.15 bits per heavy atom. The predicted molar refractivity (Wildman–Crippen MR) is 136 cm³/mol. The highest BCUT2D eigenvalue weighted by Crippen LogP contribution is 2.43. The molecule has 0 unspecified atom stereocenters. The third-order valence-electron chi connectivity index (χ3n) is 6.33. The molecule has 33 heavy (non-hydrogen) atoms. The van der Waals surface area contributed by atoms with E-state index in [0.29, 0.717) is 35.4 Å². The maximum atomic E-state index is 12.6. The number of nitrogens with one attached hydrogen (secondary N) is 1. The van der Waals surface area contributed by atoms with Gasteiger partial charge in [-0.2, -0.15) is 4.98 Å². The molecule has 0 radical (unpaired) electrons. The SMILES string of the molecule is CC(C)[Si](OC[C@@H]1OC[C@H](n2ccc(NC(=O)c3ccccc3)nc2=O)S1)(C(C)C)C(C)C. The molecule has 1 saturated heterocycles. The molecule has 1 fully saturated rings. The minimum absolute atomic E-state index is 0.123. The molecule has 2 heterocycles. The molecule has 0 bridgehead atoms. The van der Waals surface area contributed by atoms with Crippen molar-refractivity contribution in [2.75, 3.05) is 18.5 Å². The van der Waals surface area contributed by atoms with E-state index in [1.807, 2.05) is 6.07 Å². The number of hydrogen-bond acceptors (Lipinski definition) is 6. The van der Waals surface area contributed by atoms with E-state index in [4.69, 9.17) is 9.16 Å². The van der Waals surface area contributed by atoms with Crippen LogP contribution in [0.15, 0.2) is 47.4 Å². The van der Waals surface area contributed by atoms with Crippen molar-refractivity contribution in [2.24, 2.45) is 0 Å². The van der Waals surface area contributed by atoms with E-state index in [1.54, 1.807) is 52.9 Å². The van der Waals surface area contributed by atoms with Crippen LogP contribution in [0.2, 0.25) is 16.6 Å². The Hall–Kier alpha value is -1.94. The summed E-state index contributed by atoms with van der Waals surface area (Å²) < 4.78 is 14.2. The molecule has 1 aliphatic heterocycles. The molecule has 0 spiro atoms. The Balaban J connectivity index is 1.63. The summed E-state index contributed by atoms with van der Waals surface area (Å²) >= 11 is 1.58. The zero-order chi connectivity index (χ0) is 24.2. The first kappa shape index (κ1) is 25.7. The topological polar surface area (TPSA) is 82.4 Å². The average Bonchev–Trinajstić information content (AvgIpc) is 3.23. The lowest BCUT2D eigenvalue weighted by molar-refractivity contribution is 0.0820. The second-order valence-electron chi connectivity index (χ2n) is 9.31. The molecule has 1 aromatic heterocycles. The summed E-state index contributed by atoms with van der Waals surface area (Å²) in [7, 11) is -1.97. The van der Waals surface area contributed by atoms with Gasteiger partial charge in [-0.1, -0.05) is 59.7 Å². The minimum Gasteiger partial charge on any atom is -0.412 e. The van der Waals surface area contributed by atoms with Gasteiger partial charge in [-0.3, -0.25) is 9.36 Å². The normalized spacial score (nSPS) is 18.9. The van der Waals surface area contributed by atoms with Crippen molar-refractivity contribution in [1.29, 1.82) is 0 Å². The number of carbonyl (C=O) groups excluding carboxylic acids is 1. The van der Waals surface area contributed by atoms with Gasteiger partial charge in [0.1, 0.15) is 16.6 Å². The van der Waals surface area contributed by atoms with E-state index >= 15 is 0 Å². The van der Waals surface area contributed by atoms with Gasteiger partial charge in [0, 0.05) is 11.8 Å². The second kappa shape index (κ2) is 11.0. The lowest BCUT2D eigenvalue weighted by Crippen LogP contribution is -2.48. The molecule has 3 rings (SSSR count). The van der Waals surface area contributed by atoms with E-state index in [9.17, 15) is 9.59 Å². The van der Waals surface area contributed by atoms with Crippen LogP contribution >= 0.6 is 11.8 Å². The first-order valence-corrected chi connectivity index (χ1v) is 14.6. The van der Waals surface area contributed by atoms with Gasteiger partial charge in [0.25, 0.3) is 5.91 Å². The lowest BCUT2D eigenvalue weighted by atomic mass is 10.2. The van der Waals surface area contributed by atoms with Crippen molar-refractivity contribution in [2.45, 2.75) is 69.0 Å². The first-order chi connectivity index (χ1) is 15.6. The fourth-order valence-electron chi connectivity index (χ4n) is 4.87. The van der Waals surface area contributed by atoms with E-state index < -0.39 is 14.0 Å². The number of thioether (sulfide) groups is 1. The average molecular weight is 490 g/mol. The van der Waals surface area contributed by atoms with Gasteiger partial charge in [-0.25, -0.2) is 4.79 Å². The molecular weight excluding hydrogens is 454 g/mol. The molecular formula is C24H35N3O4SSi. The molecule has 2 atom stereocenters. The number of ether oxygens (including phenoxy) is 1. The summed E-state index contributed by atoms with van der Waals surface area (Å²) in [5.74, 6) is -0.0698. The highest BCUT2D eigenvalue weighted by Gasteiger charge is 2.46. The van der Waals surface area contributed by atoms with E-state index in [-0.39, 0.29) is 22.5 Å². The summed E-state index contributed by atoms with van der Waals surface area (Å²) in [6.07, 6.45) is 1.66. The van der Waals surface area contributed by atoms with Gasteiger partial charge in [0.15, 0.2) is 8.32 Å². The maximum absolute atomic E-state index is 12.6. The zero-order valence-corrected chi connectivity index (χ0v) is 22.1. The van der Waals surface area contributed by atoms with Crippen molar-refractivity contribution in [3.63, 3.8) is 0 Å². The molecule has 1 aliphatic rings. The summed E-state index contributed by atoms with van der Waals surface area (Å²) in [6.45, 7) is 14.5. The number of anilines is 1. The Kier molecular flexibility index (Phi) is 8.55. The Labute approximate surface area is 201 Å². The standard InChI is InChI=1S/C24H35N3O4SSi/c1-16(2)33(17(3)4,18(5)6)31-15-22-30-14-21(32-22)27-13-12-20(26-24(27)29)25-23(28)19-10-8-7-9-11-19/h7-13,16-18,21-22H,14-15H2,1-6H3,(H,25,26,28,29)/t21-,22-/m1/s1. The third kappa shape index (κ3) is 5.77. The number of nitrogens with zero attached hydrogens (tertiary/aromatic N) is 2. The maximum Gasteiger partial charge on any atom is 0.350 e. The van der Waals surface area contributed by atoms with Crippen LogP contribution < -0.4 is 11.0 Å². The summed E-state index contributed by atoms with van der Waals surface area (Å²) in [5, 5.41) is 2.50. The smallest absolute Gasteiger partial charge is 0.350 e. The van der Waals surface area contributed by atoms with Gasteiger partial charge in [-0.05, 0) is 34.8 Å². The van der Waals surface area contributed by atoms with Crippen LogP contribution in [0.4, 0.5) is 5.82 Å². The van der Waals surface area contributed by atoms with E-state index in [1.165, 1.54) is 0 Å². The van der Waals surface area contributed by atoms with Gasteiger partial charge in [-0.15, -0.1) is 11.8 Å². The molecule has 7 nitrogen and oxygen atoms in total. The van der Waals surface area contributed by atoms with Crippen LogP contribution in [-0.4, -0.2) is 42.4 Å². The highest BCUT2D eigenvalue weighted by molar-refractivity contribution is 8.00. The molecule has 0 saturated carbocycles. The monoisotopic (exact) mass is 489 g/mol. The summed E-state index contributed by atoms with van der Waals surface area (Å²) in [4.78, 5) is 29.0. The van der Waals surface area contributed by atoms with Crippen LogP contribution in [0.25, 0.3) is 0 Å². The highest BCUT2D eigenvalue weighted by atomic mass is 32.2. The molecule has 2 aromatic rings. The quantitative estimate of drug-likeness (QED) is 0.483. The van der Waals surface area contributed by atoms with Crippen LogP contribution in [0.1, 0.15) is 57.3 Å². The van der Waals surface area contributed by atoms with Crippen molar-refractivity contribution in [1.82, 2.24) is 9.55 Å². The molecule has 1 N–H and O–H groups in total. The Bertz CT molecular complexity index is 975. The second-order valence-corrected chi connectivity index (χ2v) is 16.1. The van der Waals surface area contributed by atoms with Crippen molar-refractivity contribution in [3.05, 3.63) is 58.6 Å². The molecule has 1 aromatic carbocycles. The molecule has 180 valence electrons. The number of carbonyl (C=O) groups is 1. The van der Waals surface area contributed by atoms with Crippen molar-refractivity contribution < 1.29 is 14.0 Å². The first-order valence-electron chi connectivity index (χ1n) is 11.5. The minimum atomic E-state index is -1.97. The summed E-state index contributed by atoms with van der Waals surface area (Å²) in [6, 6.07) is 10.5. The Morgan fingerprint density at radius 3 is 2.36 bits per heavy atom. The number of amides is 1. The summed E-state index contributed by atoms with van der Waals surface area (Å²) in [5.41, 5.74) is 1.48. The van der Waals surface area contributed by atoms with Crippen LogP contribution in [0.3, 0.4) is 0 Å². The third-order valence-corrected chi connectivity index (χ3v) is 13.7. The fourth-order valence-corrected chi connectivity index (χ4v) is 11.5. The van der Waals surface area contributed by atoms with Crippen LogP contribution in [0, 0.1) is 0 Å². The fraction of sp³-hybridized carbons (Fsp3) is 0.542. The largest absolute Gasteiger partial charge is 0.412 e. The lowest BCUT2D eigenvalue weighted by Gasteiger charge is -2.42. The van der Waals surface area contributed by atoms with Crippen molar-refractivity contribution in [3.8, 4) is 0 Å². The predicted octanol–water partition coefficient (Wildman–Crippen LogP) is 5.28. The molecule has 0 aliphatic carbocycles. The number of hydrogen-bond donors (Lipinski definition) is 1. The van der Waals surface area contributed by atoms with E-state index in [0.717, 1.165) is 0 Å². The van der Waals surface area contributed by atoms with Gasteiger partial charge >= 0.3 is 5.69 Å². The number of aromatic nitrogens is 2.